The van der Waals surface area contributed by atoms with Crippen LogP contribution >= 0.6 is 0 Å². The molecule has 0 fully saturated rings. The Morgan fingerprint density at radius 3 is 0.722 bits per heavy atom. The molecule has 0 saturated heterocycles. The van der Waals surface area contributed by atoms with Crippen LogP contribution in [0.25, 0.3) is 0 Å². The quantitative estimate of drug-likeness (QED) is 0.0261. The summed E-state index contributed by atoms with van der Waals surface area (Å²) >= 11 is 0. The molecule has 0 aliphatic rings. The molecule has 0 heterocycles. The van der Waals surface area contributed by atoms with E-state index in [0.29, 0.717) is 19.3 Å². The van der Waals surface area contributed by atoms with Crippen molar-refractivity contribution in [2.75, 3.05) is 13.2 Å². The molecule has 0 rings (SSSR count). The predicted molar refractivity (Wildman–Crippen MR) is 344 cm³/mol. The second kappa shape index (κ2) is 67.6. The predicted octanol–water partition coefficient (Wildman–Crippen LogP) is 23.9. The van der Waals surface area contributed by atoms with Gasteiger partial charge in [0.05, 0.1) is 0 Å². The molecule has 79 heavy (non-hydrogen) atoms. The van der Waals surface area contributed by atoms with Crippen molar-refractivity contribution in [3.63, 3.8) is 0 Å². The molecule has 0 N–H and O–H groups in total. The number of unbranched alkanes of at least 4 members (excludes halogenated alkanes) is 43. The Morgan fingerprint density at radius 1 is 0.253 bits per heavy atom. The van der Waals surface area contributed by atoms with Gasteiger partial charge in [0, 0.05) is 19.3 Å². The van der Waals surface area contributed by atoms with Crippen molar-refractivity contribution < 1.29 is 28.6 Å². The molecule has 0 aromatic rings. The molecule has 0 saturated carbocycles. The molecule has 1 unspecified atom stereocenters. The summed E-state index contributed by atoms with van der Waals surface area (Å²) in [4.78, 5) is 38.4. The van der Waals surface area contributed by atoms with Gasteiger partial charge in [-0.25, -0.2) is 0 Å². The standard InChI is InChI=1S/C73H132O6/c1-4-7-10-13-16-19-22-25-28-30-31-32-33-34-35-36-37-38-39-40-41-43-45-48-51-54-57-60-63-66-72(75)78-69-70(68-77-71(74)65-62-59-56-53-50-47-44-27-24-21-18-15-12-9-6-3)79-73(76)67-64-61-58-55-52-49-46-42-29-26-23-20-17-14-11-8-5-2/h22,25-27,29-31,33-34,44,70H,4-21,23-24,28,32,35-43,45-69H2,1-3H3/b25-22-,29-26-,31-30-,34-33-,44-27-. The summed E-state index contributed by atoms with van der Waals surface area (Å²) in [6, 6.07) is 0. The number of allylic oxidation sites excluding steroid dienone is 10. The number of carbonyl (C=O) groups is 3. The summed E-state index contributed by atoms with van der Waals surface area (Å²) in [5.41, 5.74) is 0. The minimum absolute atomic E-state index is 0.0760. The van der Waals surface area contributed by atoms with Gasteiger partial charge in [-0.15, -0.1) is 0 Å². The first kappa shape index (κ1) is 76.1. The lowest BCUT2D eigenvalue weighted by molar-refractivity contribution is -0.167. The normalized spacial score (nSPS) is 12.4. The van der Waals surface area contributed by atoms with Crippen molar-refractivity contribution in [1.29, 1.82) is 0 Å². The molecule has 0 bridgehead atoms. The Kier molecular flexibility index (Phi) is 65.1. The van der Waals surface area contributed by atoms with E-state index in [4.69, 9.17) is 14.2 Å². The molecule has 0 amide bonds. The highest BCUT2D eigenvalue weighted by Crippen LogP contribution is 2.17. The van der Waals surface area contributed by atoms with Crippen molar-refractivity contribution >= 4 is 17.9 Å². The highest BCUT2D eigenvalue weighted by Gasteiger charge is 2.19. The highest BCUT2D eigenvalue weighted by atomic mass is 16.6. The van der Waals surface area contributed by atoms with E-state index < -0.39 is 6.10 Å². The van der Waals surface area contributed by atoms with Crippen molar-refractivity contribution in [1.82, 2.24) is 0 Å². The Balaban J connectivity index is 4.25. The van der Waals surface area contributed by atoms with E-state index in [0.717, 1.165) is 77.0 Å². The van der Waals surface area contributed by atoms with E-state index in [1.807, 2.05) is 0 Å². The van der Waals surface area contributed by atoms with Crippen LogP contribution in [0.4, 0.5) is 0 Å². The van der Waals surface area contributed by atoms with Crippen LogP contribution in [0.15, 0.2) is 60.8 Å². The van der Waals surface area contributed by atoms with Crippen LogP contribution in [-0.4, -0.2) is 37.2 Å². The molecule has 6 nitrogen and oxygen atoms in total. The second-order valence-corrected chi connectivity index (χ2v) is 23.4. The van der Waals surface area contributed by atoms with Gasteiger partial charge in [-0.05, 0) is 109 Å². The first-order chi connectivity index (χ1) is 39.0. The van der Waals surface area contributed by atoms with Gasteiger partial charge >= 0.3 is 17.9 Å². The smallest absolute Gasteiger partial charge is 0.306 e. The van der Waals surface area contributed by atoms with Crippen LogP contribution < -0.4 is 0 Å². The average Bonchev–Trinajstić information content (AvgIpc) is 3.45. The van der Waals surface area contributed by atoms with Crippen LogP contribution in [0.5, 0.6) is 0 Å². The number of carbonyl (C=O) groups excluding carboxylic acids is 3. The number of esters is 3. The van der Waals surface area contributed by atoms with Crippen LogP contribution in [-0.2, 0) is 28.6 Å². The Bertz CT molecular complexity index is 1410. The Hall–Kier alpha value is -2.89. The molecule has 1 atom stereocenters. The maximum Gasteiger partial charge on any atom is 0.306 e. The fourth-order valence-corrected chi connectivity index (χ4v) is 10.2. The summed E-state index contributed by atoms with van der Waals surface area (Å²) in [5, 5.41) is 0. The maximum atomic E-state index is 12.9. The number of hydrogen-bond acceptors (Lipinski definition) is 6. The third-order valence-electron chi connectivity index (χ3n) is 15.5. The molecule has 0 aliphatic carbocycles. The zero-order chi connectivity index (χ0) is 57.1. The van der Waals surface area contributed by atoms with Gasteiger partial charge in [-0.3, -0.25) is 14.4 Å². The highest BCUT2D eigenvalue weighted by molar-refractivity contribution is 5.71. The lowest BCUT2D eigenvalue weighted by Gasteiger charge is -2.18. The van der Waals surface area contributed by atoms with Crippen LogP contribution in [0.1, 0.15) is 367 Å². The molecule has 0 spiro atoms. The van der Waals surface area contributed by atoms with Crippen molar-refractivity contribution in [3.8, 4) is 0 Å². The number of ether oxygens (including phenoxy) is 3. The van der Waals surface area contributed by atoms with E-state index in [9.17, 15) is 14.4 Å². The second-order valence-electron chi connectivity index (χ2n) is 23.4. The van der Waals surface area contributed by atoms with Crippen LogP contribution in [0.2, 0.25) is 0 Å². The van der Waals surface area contributed by atoms with Gasteiger partial charge < -0.3 is 14.2 Å². The molecule has 0 aromatic heterocycles. The SMILES string of the molecule is CCCCCCC/C=C\C/C=C\C/C=C\CCCCCCCCCCCCCCCCC(=O)OCC(COC(=O)CCCCCCC/C=C\CCCCCCCC)OC(=O)CCCCCCCCC/C=C\CCCCCCCC. The number of hydrogen-bond donors (Lipinski definition) is 0. The minimum atomic E-state index is -0.780. The van der Waals surface area contributed by atoms with E-state index in [1.54, 1.807) is 0 Å². The summed E-state index contributed by atoms with van der Waals surface area (Å²) in [7, 11) is 0. The fraction of sp³-hybridized carbons (Fsp3) is 0.822. The fourth-order valence-electron chi connectivity index (χ4n) is 10.2. The molecule has 460 valence electrons. The zero-order valence-electron chi connectivity index (χ0n) is 52.9. The van der Waals surface area contributed by atoms with E-state index in [-0.39, 0.29) is 31.1 Å². The first-order valence-corrected chi connectivity index (χ1v) is 34.8. The van der Waals surface area contributed by atoms with Gasteiger partial charge in [0.1, 0.15) is 13.2 Å². The van der Waals surface area contributed by atoms with E-state index in [2.05, 4.69) is 81.5 Å². The van der Waals surface area contributed by atoms with Crippen molar-refractivity contribution in [2.24, 2.45) is 0 Å². The monoisotopic (exact) mass is 1110 g/mol. The molecular formula is C73H132O6. The zero-order valence-corrected chi connectivity index (χ0v) is 52.9. The van der Waals surface area contributed by atoms with Gasteiger partial charge in [-0.2, -0.15) is 0 Å². The summed E-state index contributed by atoms with van der Waals surface area (Å²) in [5.74, 6) is -0.869. The molecule has 0 radical (unpaired) electrons. The van der Waals surface area contributed by atoms with Gasteiger partial charge in [-0.1, -0.05) is 300 Å². The molecule has 0 aliphatic heterocycles. The van der Waals surface area contributed by atoms with Crippen LogP contribution in [0, 0.1) is 0 Å². The Labute approximate surface area is 491 Å². The topological polar surface area (TPSA) is 78.9 Å². The van der Waals surface area contributed by atoms with E-state index in [1.165, 1.54) is 250 Å². The summed E-state index contributed by atoms with van der Waals surface area (Å²) in [6.07, 6.45) is 86.7. The first-order valence-electron chi connectivity index (χ1n) is 34.8. The summed E-state index contributed by atoms with van der Waals surface area (Å²) in [6.45, 7) is 6.66. The lowest BCUT2D eigenvalue weighted by atomic mass is 10.0. The van der Waals surface area contributed by atoms with Gasteiger partial charge in [0.2, 0.25) is 0 Å². The molecular weight excluding hydrogens is 973 g/mol. The van der Waals surface area contributed by atoms with Gasteiger partial charge in [0.15, 0.2) is 6.10 Å². The molecule has 6 heteroatoms. The summed E-state index contributed by atoms with van der Waals surface area (Å²) < 4.78 is 17.0. The largest absolute Gasteiger partial charge is 0.462 e. The third-order valence-corrected chi connectivity index (χ3v) is 15.5. The van der Waals surface area contributed by atoms with E-state index >= 15 is 0 Å². The van der Waals surface area contributed by atoms with Gasteiger partial charge in [0.25, 0.3) is 0 Å². The Morgan fingerprint density at radius 2 is 0.456 bits per heavy atom. The maximum absolute atomic E-state index is 12.9. The average molecular weight is 1110 g/mol. The molecule has 0 aromatic carbocycles. The number of rotatable bonds is 64. The minimum Gasteiger partial charge on any atom is -0.462 e. The van der Waals surface area contributed by atoms with Crippen LogP contribution in [0.3, 0.4) is 0 Å². The lowest BCUT2D eigenvalue weighted by Crippen LogP contribution is -2.30. The van der Waals surface area contributed by atoms with Crippen molar-refractivity contribution in [3.05, 3.63) is 60.8 Å². The van der Waals surface area contributed by atoms with Crippen molar-refractivity contribution in [2.45, 2.75) is 374 Å². The third kappa shape index (κ3) is 65.8.